The first-order valence-corrected chi connectivity index (χ1v) is 6.06. The topological polar surface area (TPSA) is 34.1 Å². The maximum Gasteiger partial charge on any atom is 0.140 e. The molecule has 0 bridgehead atoms. The molecule has 0 aromatic carbocycles. The molecule has 0 aliphatic carbocycles. The van der Waals surface area contributed by atoms with Crippen molar-refractivity contribution >= 4 is 10.7 Å². The lowest BCUT2D eigenvalue weighted by molar-refractivity contribution is 0.352. The van der Waals surface area contributed by atoms with Gasteiger partial charge in [0, 0.05) is 5.75 Å². The van der Waals surface area contributed by atoms with Gasteiger partial charge in [-0.15, -0.1) is 0 Å². The van der Waals surface area contributed by atoms with Gasteiger partial charge in [-0.25, -0.2) is 8.42 Å². The fourth-order valence-corrected chi connectivity index (χ4v) is 1.67. The molecule has 0 rings (SSSR count). The Morgan fingerprint density at radius 1 is 1.17 bits per heavy atom. The van der Waals surface area contributed by atoms with Crippen LogP contribution in [0.5, 0.6) is 0 Å². The third kappa shape index (κ3) is 5.58. The number of thiol groups is 1. The molecule has 0 aromatic rings. The molecule has 2 atom stereocenters. The summed E-state index contributed by atoms with van der Waals surface area (Å²) in [6.45, 7) is 6.60. The normalized spacial score (nSPS) is 16.3. The van der Waals surface area contributed by atoms with Gasteiger partial charge in [-0.05, 0) is 24.7 Å². The minimum absolute atomic E-state index is 0.357. The molecule has 0 N–H and O–H groups in total. The smallest absolute Gasteiger partial charge is 0.140 e. The monoisotopic (exact) mass is 192 g/mol. The fraction of sp³-hybridized carbons (Fsp3) is 1.00. The van der Waals surface area contributed by atoms with Crippen LogP contribution < -0.4 is 0 Å². The summed E-state index contributed by atoms with van der Waals surface area (Å²) in [4.78, 5) is 0. The molecule has 0 heterocycles. The Morgan fingerprint density at radius 3 is 2.17 bits per heavy atom. The van der Waals surface area contributed by atoms with Crippen molar-refractivity contribution < 1.29 is 8.42 Å². The number of hydrogen-bond donors (Lipinski definition) is 1. The van der Waals surface area contributed by atoms with Crippen molar-refractivity contribution in [1.82, 2.24) is 0 Å². The Kier molecular flexibility index (Phi) is 6.44. The Hall–Kier alpha value is -0.0500. The SMILES string of the molecule is CCC(C)C(C)CCC[SH](=O)=O. The molecule has 12 heavy (non-hydrogen) atoms. The van der Waals surface area contributed by atoms with E-state index in [1.165, 1.54) is 6.42 Å². The maximum atomic E-state index is 10.3. The highest BCUT2D eigenvalue weighted by Gasteiger charge is 2.09. The van der Waals surface area contributed by atoms with E-state index in [1.807, 2.05) is 0 Å². The van der Waals surface area contributed by atoms with Crippen LogP contribution in [0.3, 0.4) is 0 Å². The Labute approximate surface area is 77.3 Å². The van der Waals surface area contributed by atoms with E-state index >= 15 is 0 Å². The van der Waals surface area contributed by atoms with E-state index in [0.29, 0.717) is 11.7 Å². The van der Waals surface area contributed by atoms with Crippen LogP contribution in [0.2, 0.25) is 0 Å². The zero-order chi connectivity index (χ0) is 9.56. The van der Waals surface area contributed by atoms with Crippen molar-refractivity contribution in [3.05, 3.63) is 0 Å². The number of rotatable bonds is 6. The van der Waals surface area contributed by atoms with Gasteiger partial charge in [-0.3, -0.25) is 0 Å². The van der Waals surface area contributed by atoms with Crippen molar-refractivity contribution in [3.63, 3.8) is 0 Å². The molecule has 0 saturated carbocycles. The molecule has 3 heteroatoms. The van der Waals surface area contributed by atoms with Crippen LogP contribution in [0, 0.1) is 11.8 Å². The molecule has 0 aliphatic heterocycles. The quantitative estimate of drug-likeness (QED) is 0.654. The summed E-state index contributed by atoms with van der Waals surface area (Å²) in [7, 11) is -2.15. The predicted molar refractivity (Wildman–Crippen MR) is 53.0 cm³/mol. The lowest BCUT2D eigenvalue weighted by Gasteiger charge is -2.16. The van der Waals surface area contributed by atoms with Crippen LogP contribution in [0.15, 0.2) is 0 Å². The predicted octanol–water partition coefficient (Wildman–Crippen LogP) is 2.06. The summed E-state index contributed by atoms with van der Waals surface area (Å²) in [5.74, 6) is 1.73. The van der Waals surface area contributed by atoms with Crippen molar-refractivity contribution in [2.45, 2.75) is 40.0 Å². The average molecular weight is 192 g/mol. The second kappa shape index (κ2) is 6.46. The van der Waals surface area contributed by atoms with Crippen LogP contribution >= 0.6 is 0 Å². The average Bonchev–Trinajstić information content (AvgIpc) is 2.02. The zero-order valence-electron chi connectivity index (χ0n) is 8.25. The third-order valence-corrected chi connectivity index (χ3v) is 3.30. The molecular formula is C9H20O2S. The van der Waals surface area contributed by atoms with E-state index in [2.05, 4.69) is 20.8 Å². The first kappa shape index (κ1) is 11.9. The molecule has 0 amide bonds. The third-order valence-electron chi connectivity index (χ3n) is 2.62. The van der Waals surface area contributed by atoms with E-state index in [1.54, 1.807) is 0 Å². The van der Waals surface area contributed by atoms with E-state index in [9.17, 15) is 8.42 Å². The first-order chi connectivity index (χ1) is 5.57. The molecule has 0 aliphatic rings. The highest BCUT2D eigenvalue weighted by atomic mass is 32.2. The molecule has 0 saturated heterocycles. The standard InChI is InChI=1S/C9H20O2S/c1-4-8(2)9(3)6-5-7-12(10)11/h8-9,12H,4-7H2,1-3H3. The van der Waals surface area contributed by atoms with E-state index in [-0.39, 0.29) is 0 Å². The van der Waals surface area contributed by atoms with Gasteiger partial charge in [0.25, 0.3) is 0 Å². The Bertz CT molecular complexity index is 167. The van der Waals surface area contributed by atoms with E-state index in [4.69, 9.17) is 0 Å². The van der Waals surface area contributed by atoms with Crippen molar-refractivity contribution in [1.29, 1.82) is 0 Å². The lowest BCUT2D eigenvalue weighted by Crippen LogP contribution is -2.07. The van der Waals surface area contributed by atoms with Gasteiger partial charge in [0.2, 0.25) is 0 Å². The van der Waals surface area contributed by atoms with Gasteiger partial charge in [0.15, 0.2) is 0 Å². The van der Waals surface area contributed by atoms with Crippen molar-refractivity contribution in [2.75, 3.05) is 5.75 Å². The van der Waals surface area contributed by atoms with Crippen LogP contribution in [0.1, 0.15) is 40.0 Å². The van der Waals surface area contributed by atoms with Crippen LogP contribution in [-0.4, -0.2) is 14.2 Å². The van der Waals surface area contributed by atoms with Crippen molar-refractivity contribution in [2.24, 2.45) is 11.8 Å². The minimum Gasteiger partial charge on any atom is -0.232 e. The highest BCUT2D eigenvalue weighted by Crippen LogP contribution is 2.19. The molecular weight excluding hydrogens is 172 g/mol. The second-order valence-electron chi connectivity index (χ2n) is 3.56. The van der Waals surface area contributed by atoms with E-state index < -0.39 is 10.7 Å². The van der Waals surface area contributed by atoms with Gasteiger partial charge >= 0.3 is 0 Å². The summed E-state index contributed by atoms with van der Waals surface area (Å²) >= 11 is 0. The summed E-state index contributed by atoms with van der Waals surface area (Å²) < 4.78 is 20.5. The lowest BCUT2D eigenvalue weighted by atomic mass is 9.90. The molecule has 2 unspecified atom stereocenters. The molecule has 2 nitrogen and oxygen atoms in total. The van der Waals surface area contributed by atoms with Crippen LogP contribution in [0.25, 0.3) is 0 Å². The van der Waals surface area contributed by atoms with Crippen LogP contribution in [-0.2, 0) is 10.7 Å². The highest BCUT2D eigenvalue weighted by molar-refractivity contribution is 7.72. The van der Waals surface area contributed by atoms with Crippen LogP contribution in [0.4, 0.5) is 0 Å². The summed E-state index contributed by atoms with van der Waals surface area (Å²) in [5.41, 5.74) is 0. The minimum atomic E-state index is -2.15. The molecule has 0 aromatic heterocycles. The Morgan fingerprint density at radius 2 is 1.75 bits per heavy atom. The molecule has 0 spiro atoms. The van der Waals surface area contributed by atoms with E-state index in [0.717, 1.165) is 18.8 Å². The largest absolute Gasteiger partial charge is 0.232 e. The fourth-order valence-electron chi connectivity index (χ4n) is 1.23. The van der Waals surface area contributed by atoms with Gasteiger partial charge in [-0.1, -0.05) is 27.2 Å². The Balaban J connectivity index is 3.49. The number of hydrogen-bond acceptors (Lipinski definition) is 2. The summed E-state index contributed by atoms with van der Waals surface area (Å²) in [6.07, 6.45) is 3.05. The van der Waals surface area contributed by atoms with Gasteiger partial charge < -0.3 is 0 Å². The maximum absolute atomic E-state index is 10.3. The van der Waals surface area contributed by atoms with Gasteiger partial charge in [0.1, 0.15) is 10.7 Å². The molecule has 0 radical (unpaired) electrons. The van der Waals surface area contributed by atoms with Gasteiger partial charge in [0.05, 0.1) is 0 Å². The molecule has 0 fully saturated rings. The second-order valence-corrected chi connectivity index (χ2v) is 4.67. The summed E-state index contributed by atoms with van der Waals surface area (Å²) in [6, 6.07) is 0. The van der Waals surface area contributed by atoms with Gasteiger partial charge in [-0.2, -0.15) is 0 Å². The molecule has 74 valence electrons. The first-order valence-electron chi connectivity index (χ1n) is 4.69. The zero-order valence-corrected chi connectivity index (χ0v) is 9.14. The van der Waals surface area contributed by atoms with Crippen molar-refractivity contribution in [3.8, 4) is 0 Å². The summed E-state index contributed by atoms with van der Waals surface area (Å²) in [5, 5.41) is 0.